The normalized spacial score (nSPS) is 14.6. The van der Waals surface area contributed by atoms with E-state index in [1.807, 2.05) is 85.1 Å². The van der Waals surface area contributed by atoms with Crippen LogP contribution in [0.15, 0.2) is 91.1 Å². The fourth-order valence-electron chi connectivity index (χ4n) is 5.00. The van der Waals surface area contributed by atoms with E-state index in [1.165, 1.54) is 0 Å². The van der Waals surface area contributed by atoms with Crippen LogP contribution in [-0.4, -0.2) is 69.4 Å². The number of amides is 3. The Balaban J connectivity index is 0.000000493. The molecule has 0 atom stereocenters. The van der Waals surface area contributed by atoms with Crippen molar-refractivity contribution < 1.29 is 37.5 Å². The zero-order chi connectivity index (χ0) is 31.4. The molecule has 2 N–H and O–H groups in total. The van der Waals surface area contributed by atoms with Crippen molar-refractivity contribution in [1.29, 1.82) is 0 Å². The van der Waals surface area contributed by atoms with E-state index in [2.05, 4.69) is 4.98 Å². The van der Waals surface area contributed by atoms with Gasteiger partial charge in [0.2, 0.25) is 5.91 Å². The lowest BCUT2D eigenvalue weighted by Crippen LogP contribution is -2.39. The number of aliphatic carboxylic acids is 1. The van der Waals surface area contributed by atoms with Crippen LogP contribution >= 0.6 is 0 Å². The maximum absolute atomic E-state index is 13.5. The van der Waals surface area contributed by atoms with E-state index in [9.17, 15) is 27.6 Å². The number of aromatic nitrogens is 1. The number of fused-ring (bicyclic) bond motifs is 2. The van der Waals surface area contributed by atoms with Crippen molar-refractivity contribution in [2.45, 2.75) is 19.3 Å². The summed E-state index contributed by atoms with van der Waals surface area (Å²) in [5.41, 5.74) is 4.78. The Labute approximate surface area is 249 Å². The number of carboxylic acids is 1. The number of nitrogens with zero attached hydrogens (tertiary/aromatic N) is 3. The van der Waals surface area contributed by atoms with Gasteiger partial charge in [0.1, 0.15) is 6.54 Å². The van der Waals surface area contributed by atoms with Crippen LogP contribution in [0.4, 0.5) is 18.9 Å². The van der Waals surface area contributed by atoms with Gasteiger partial charge in [0.15, 0.2) is 0 Å². The molecule has 0 aliphatic carbocycles. The van der Waals surface area contributed by atoms with Gasteiger partial charge in [0.25, 0.3) is 11.8 Å². The topological polar surface area (TPSA) is 114 Å². The van der Waals surface area contributed by atoms with Gasteiger partial charge in [-0.1, -0.05) is 42.5 Å². The second-order valence-electron chi connectivity index (χ2n) is 10.2. The number of carboxylic acid groups (broad SMARTS) is 1. The number of hydrogen-bond donors (Lipinski definition) is 2. The van der Waals surface area contributed by atoms with Gasteiger partial charge in [-0.2, -0.15) is 13.2 Å². The molecule has 0 bridgehead atoms. The van der Waals surface area contributed by atoms with Crippen molar-refractivity contribution >= 4 is 40.3 Å². The van der Waals surface area contributed by atoms with Crippen LogP contribution in [0.2, 0.25) is 0 Å². The Kier molecular flexibility index (Phi) is 8.52. The maximum atomic E-state index is 13.5. The fourth-order valence-corrected chi connectivity index (χ4v) is 5.00. The van der Waals surface area contributed by atoms with E-state index in [0.717, 1.165) is 27.7 Å². The molecule has 0 unspecified atom stereocenters. The van der Waals surface area contributed by atoms with E-state index in [1.54, 1.807) is 20.8 Å². The first-order valence-electron chi connectivity index (χ1n) is 13.6. The van der Waals surface area contributed by atoms with E-state index < -0.39 is 12.1 Å². The summed E-state index contributed by atoms with van der Waals surface area (Å²) < 4.78 is 31.7. The van der Waals surface area contributed by atoms with Crippen molar-refractivity contribution in [2.24, 2.45) is 0 Å². The van der Waals surface area contributed by atoms with Crippen molar-refractivity contribution in [3.05, 3.63) is 113 Å². The molecule has 226 valence electrons. The molecule has 2 aliphatic heterocycles. The molecule has 3 aromatic carbocycles. The first kappa shape index (κ1) is 30.1. The predicted octanol–water partition coefficient (Wildman–Crippen LogP) is 5.00. The van der Waals surface area contributed by atoms with E-state index in [4.69, 9.17) is 9.90 Å². The number of benzene rings is 3. The summed E-state index contributed by atoms with van der Waals surface area (Å²) in [6, 6.07) is 22.6. The fraction of sp³-hybridized carbons (Fsp3) is 0.188. The molecule has 2 aliphatic rings. The van der Waals surface area contributed by atoms with Gasteiger partial charge in [0.05, 0.1) is 6.54 Å². The third kappa shape index (κ3) is 6.64. The van der Waals surface area contributed by atoms with Crippen molar-refractivity contribution in [2.75, 3.05) is 24.5 Å². The number of anilines is 1. The van der Waals surface area contributed by atoms with Gasteiger partial charge in [-0.3, -0.25) is 14.4 Å². The van der Waals surface area contributed by atoms with Crippen LogP contribution in [-0.2, 0) is 22.7 Å². The van der Waals surface area contributed by atoms with Crippen LogP contribution in [0.1, 0.15) is 31.8 Å². The van der Waals surface area contributed by atoms with Crippen LogP contribution in [0.25, 0.3) is 10.9 Å². The van der Waals surface area contributed by atoms with Gasteiger partial charge < -0.3 is 24.8 Å². The van der Waals surface area contributed by atoms with Gasteiger partial charge in [-0.05, 0) is 53.6 Å². The van der Waals surface area contributed by atoms with Gasteiger partial charge in [-0.25, -0.2) is 4.79 Å². The molecule has 6 rings (SSSR count). The van der Waals surface area contributed by atoms with Crippen LogP contribution in [0.5, 0.6) is 0 Å². The number of para-hydroxylation sites is 1. The molecule has 3 amide bonds. The number of halogens is 3. The Bertz CT molecular complexity index is 1740. The highest BCUT2D eigenvalue weighted by molar-refractivity contribution is 6.03. The second kappa shape index (κ2) is 12.5. The van der Waals surface area contributed by atoms with Crippen molar-refractivity contribution in [3.63, 3.8) is 0 Å². The summed E-state index contributed by atoms with van der Waals surface area (Å²) in [6.45, 7) is 1.95. The molecule has 0 radical (unpaired) electrons. The number of aromatic amines is 1. The van der Waals surface area contributed by atoms with Crippen LogP contribution in [0.3, 0.4) is 0 Å². The molecule has 1 aromatic heterocycles. The molecular weight excluding hydrogens is 577 g/mol. The molecule has 44 heavy (non-hydrogen) atoms. The quantitative estimate of drug-likeness (QED) is 0.318. The first-order valence-corrected chi connectivity index (χ1v) is 13.6. The second-order valence-corrected chi connectivity index (χ2v) is 10.2. The molecule has 0 spiro atoms. The highest BCUT2D eigenvalue weighted by atomic mass is 19.4. The number of carbonyl (C=O) groups is 4. The number of alkyl halides is 3. The van der Waals surface area contributed by atoms with Gasteiger partial charge in [0, 0.05) is 53.5 Å². The Morgan fingerprint density at radius 1 is 0.818 bits per heavy atom. The third-order valence-corrected chi connectivity index (χ3v) is 7.25. The lowest BCUT2D eigenvalue weighted by Gasteiger charge is -2.23. The Morgan fingerprint density at radius 2 is 1.45 bits per heavy atom. The zero-order valence-corrected chi connectivity index (χ0v) is 23.3. The number of hydrogen-bond acceptors (Lipinski definition) is 4. The Hall–Kier alpha value is -5.39. The lowest BCUT2D eigenvalue weighted by atomic mass is 10.1. The number of H-pyrrole nitrogens is 1. The number of nitrogens with one attached hydrogen (secondary N) is 1. The van der Waals surface area contributed by atoms with Crippen LogP contribution < -0.4 is 4.90 Å². The van der Waals surface area contributed by atoms with E-state index in [-0.39, 0.29) is 24.3 Å². The standard InChI is InChI=1S/C30H26N4O3.C2HF3O2/c35-28-20-33(30(37)24-11-12-26-23(17-24)13-14-31-26)19-25-5-1-2-6-27(25)34(28)18-21-7-9-22(10-8-21)29(36)32-15-3-4-16-32;3-2(4,5)1(6)7/h1-14,17,31H,15-16,18-20H2;(H,6,7). The molecule has 0 saturated carbocycles. The summed E-state index contributed by atoms with van der Waals surface area (Å²) in [5.74, 6) is -3.08. The lowest BCUT2D eigenvalue weighted by molar-refractivity contribution is -0.192. The minimum Gasteiger partial charge on any atom is -0.475 e. The smallest absolute Gasteiger partial charge is 0.475 e. The van der Waals surface area contributed by atoms with Crippen molar-refractivity contribution in [1.82, 2.24) is 14.8 Å². The molecule has 0 fully saturated rings. The first-order chi connectivity index (χ1) is 21.0. The summed E-state index contributed by atoms with van der Waals surface area (Å²) in [4.78, 5) is 56.8. The molecule has 9 nitrogen and oxygen atoms in total. The van der Waals surface area contributed by atoms with E-state index in [0.29, 0.717) is 37.3 Å². The largest absolute Gasteiger partial charge is 0.490 e. The van der Waals surface area contributed by atoms with Gasteiger partial charge in [-0.15, -0.1) is 0 Å². The molecule has 3 heterocycles. The van der Waals surface area contributed by atoms with Crippen LogP contribution in [0, 0.1) is 0 Å². The van der Waals surface area contributed by atoms with Crippen molar-refractivity contribution in [3.8, 4) is 0 Å². The SMILES string of the molecule is O=C(O)C(F)(F)F.O=C(c1ccc(CN2C(=O)CN(C(=O)c3ccc4[nH]ccc4c3)Cc3ccccc32)cc1)N1CC=CC1. The summed E-state index contributed by atoms with van der Waals surface area (Å²) in [6.07, 6.45) is 0.733. The van der Waals surface area contributed by atoms with E-state index >= 15 is 0 Å². The number of carbonyl (C=O) groups excluding carboxylic acids is 3. The number of rotatable bonds is 4. The minimum atomic E-state index is -5.08. The average Bonchev–Trinajstić information content (AvgIpc) is 3.69. The van der Waals surface area contributed by atoms with Gasteiger partial charge >= 0.3 is 12.1 Å². The summed E-state index contributed by atoms with van der Waals surface area (Å²) >= 11 is 0. The monoisotopic (exact) mass is 604 g/mol. The average molecular weight is 605 g/mol. The predicted molar refractivity (Wildman–Crippen MR) is 156 cm³/mol. The highest BCUT2D eigenvalue weighted by Gasteiger charge is 2.38. The molecule has 12 heteroatoms. The summed E-state index contributed by atoms with van der Waals surface area (Å²) in [5, 5.41) is 8.08. The third-order valence-electron chi connectivity index (χ3n) is 7.25. The maximum Gasteiger partial charge on any atom is 0.490 e. The highest BCUT2D eigenvalue weighted by Crippen LogP contribution is 2.28. The molecule has 4 aromatic rings. The zero-order valence-electron chi connectivity index (χ0n) is 23.3. The minimum absolute atomic E-state index is 0.000254. The Morgan fingerprint density at radius 3 is 2.14 bits per heavy atom. The summed E-state index contributed by atoms with van der Waals surface area (Å²) in [7, 11) is 0. The molecule has 0 saturated heterocycles. The molecular formula is C32H27F3N4O5.